The number of ether oxygens (including phenoxy) is 6. The molecule has 0 amide bonds. The van der Waals surface area contributed by atoms with Gasteiger partial charge in [0.2, 0.25) is 18.2 Å². The van der Waals surface area contributed by atoms with Crippen LogP contribution >= 0.6 is 0 Å². The number of rotatable bonds is 19. The third-order valence-corrected chi connectivity index (χ3v) is 8.68. The van der Waals surface area contributed by atoms with E-state index in [1.807, 2.05) is 95.0 Å². The first-order valence-corrected chi connectivity index (χ1v) is 20.6. The Morgan fingerprint density at radius 2 is 1.13 bits per heavy atom. The molecule has 4 N–H and O–H groups in total. The Balaban J connectivity index is 0.000000599. The third kappa shape index (κ3) is 18.5. The summed E-state index contributed by atoms with van der Waals surface area (Å²) in [4.78, 5) is 57.1. The Kier molecular flexibility index (Phi) is 24.5. The second-order valence-corrected chi connectivity index (χ2v) is 15.9. The van der Waals surface area contributed by atoms with Crippen LogP contribution < -0.4 is 30.4 Å². The van der Waals surface area contributed by atoms with Gasteiger partial charge >= 0.3 is 0 Å². The molecule has 2 aromatic carbocycles. The number of aliphatic imine (C=N–C) groups is 2. The van der Waals surface area contributed by atoms with E-state index < -0.39 is 0 Å². The Labute approximate surface area is 396 Å². The highest BCUT2D eigenvalue weighted by molar-refractivity contribution is 6.07. The molecule has 0 saturated heterocycles. The fourth-order valence-electron chi connectivity index (χ4n) is 5.49. The number of ketones is 2. The van der Waals surface area contributed by atoms with Crippen molar-refractivity contribution in [1.29, 1.82) is 0 Å². The molecule has 2 heterocycles. The van der Waals surface area contributed by atoms with Crippen LogP contribution in [0, 0.1) is 0 Å². The summed E-state index contributed by atoms with van der Waals surface area (Å²) in [6.45, 7) is 9.57. The molecule has 0 radical (unpaired) electrons. The Hall–Kier alpha value is -6.90. The van der Waals surface area contributed by atoms with Crippen molar-refractivity contribution in [2.75, 3.05) is 96.3 Å². The summed E-state index contributed by atoms with van der Waals surface area (Å²) in [6.07, 6.45) is 9.12. The molecular formula is C47H72N12O8. The minimum Gasteiger partial charge on any atom is -0.496 e. The average molecular weight is 933 g/mol. The number of Topliss-reactive ketones (excluding diaryl/α,β-unsaturated/α-hetero) is 1. The molecule has 0 aliphatic heterocycles. The van der Waals surface area contributed by atoms with E-state index in [1.54, 1.807) is 73.1 Å². The average Bonchev–Trinajstić information content (AvgIpc) is 3.25. The summed E-state index contributed by atoms with van der Waals surface area (Å²) in [7, 11) is 21.2. The smallest absolute Gasteiger partial charge is 0.253 e. The van der Waals surface area contributed by atoms with Crippen LogP contribution in [0.2, 0.25) is 0 Å². The number of carbonyl (C=O) groups excluding carboxylic acids is 2. The molecule has 0 fully saturated rings. The van der Waals surface area contributed by atoms with E-state index in [2.05, 4.69) is 29.9 Å². The summed E-state index contributed by atoms with van der Waals surface area (Å²) >= 11 is 0. The second kappa shape index (κ2) is 28.2. The Morgan fingerprint density at radius 3 is 1.57 bits per heavy atom. The number of methoxy groups -OCH3 is 4. The van der Waals surface area contributed by atoms with Crippen LogP contribution in [0.25, 0.3) is 0 Å². The van der Waals surface area contributed by atoms with Crippen LogP contribution in [0.5, 0.6) is 34.5 Å². The summed E-state index contributed by atoms with van der Waals surface area (Å²) in [5.41, 5.74) is 13.8. The van der Waals surface area contributed by atoms with Crippen molar-refractivity contribution in [3.8, 4) is 34.5 Å². The molecule has 0 aliphatic carbocycles. The maximum Gasteiger partial charge on any atom is 0.253 e. The zero-order valence-corrected chi connectivity index (χ0v) is 41.4. The molecule has 0 atom stereocenters. The second-order valence-electron chi connectivity index (χ2n) is 15.9. The Morgan fingerprint density at radius 1 is 0.642 bits per heavy atom. The number of hydrogen-bond donors (Lipinski definition) is 2. The van der Waals surface area contributed by atoms with E-state index in [0.29, 0.717) is 45.7 Å². The van der Waals surface area contributed by atoms with Gasteiger partial charge in [-0.15, -0.1) is 0 Å². The number of carbonyl (C=O) groups is 2. The maximum absolute atomic E-state index is 12.9. The third-order valence-electron chi connectivity index (χ3n) is 8.68. The van der Waals surface area contributed by atoms with Gasteiger partial charge in [0, 0.05) is 79.9 Å². The van der Waals surface area contributed by atoms with Crippen molar-refractivity contribution in [2.45, 2.75) is 60.3 Å². The van der Waals surface area contributed by atoms with Gasteiger partial charge in [0.25, 0.3) is 5.95 Å². The van der Waals surface area contributed by atoms with Crippen LogP contribution in [-0.2, 0) is 9.47 Å². The molecular weight excluding hydrogens is 861 g/mol. The fraction of sp³-hybridized carbons (Fsp3) is 0.447. The zero-order chi connectivity index (χ0) is 49.8. The van der Waals surface area contributed by atoms with Crippen LogP contribution in [0.15, 0.2) is 58.9 Å². The van der Waals surface area contributed by atoms with E-state index >= 15 is 0 Å². The molecule has 0 unspecified atom stereocenters. The van der Waals surface area contributed by atoms with E-state index in [-0.39, 0.29) is 60.7 Å². The minimum absolute atomic E-state index is 0. The number of anilines is 2. The van der Waals surface area contributed by atoms with Gasteiger partial charge in [0.05, 0.1) is 50.4 Å². The lowest BCUT2D eigenvalue weighted by Crippen LogP contribution is -2.30. The first-order valence-electron chi connectivity index (χ1n) is 20.6. The van der Waals surface area contributed by atoms with E-state index in [1.165, 1.54) is 32.5 Å². The van der Waals surface area contributed by atoms with Gasteiger partial charge < -0.3 is 54.6 Å². The first kappa shape index (κ1) is 58.1. The van der Waals surface area contributed by atoms with Gasteiger partial charge in [-0.25, -0.2) is 20.0 Å². The highest BCUT2D eigenvalue weighted by Crippen LogP contribution is 2.40. The van der Waals surface area contributed by atoms with E-state index in [4.69, 9.17) is 39.9 Å². The van der Waals surface area contributed by atoms with Crippen LogP contribution in [0.3, 0.4) is 0 Å². The van der Waals surface area contributed by atoms with Crippen molar-refractivity contribution in [3.05, 3.63) is 71.2 Å². The maximum atomic E-state index is 12.9. The summed E-state index contributed by atoms with van der Waals surface area (Å²) in [5.74, 6) is 3.28. The molecule has 2 aromatic heterocycles. The van der Waals surface area contributed by atoms with Crippen molar-refractivity contribution in [2.24, 2.45) is 9.98 Å². The van der Waals surface area contributed by atoms with Gasteiger partial charge in [-0.05, 0) is 57.1 Å². The normalized spacial score (nSPS) is 11.1. The number of nitrogens with zero attached hydrogens (tertiary/aromatic N) is 10. The lowest BCUT2D eigenvalue weighted by molar-refractivity contribution is -0.179. The van der Waals surface area contributed by atoms with Crippen LogP contribution in [0.4, 0.5) is 23.5 Å². The lowest BCUT2D eigenvalue weighted by Gasteiger charge is -2.19. The monoisotopic (exact) mass is 933 g/mol. The van der Waals surface area contributed by atoms with Gasteiger partial charge in [-0.1, -0.05) is 35.1 Å². The predicted molar refractivity (Wildman–Crippen MR) is 266 cm³/mol. The number of nitrogen functional groups attached to an aromatic ring is 2. The zero-order valence-electron chi connectivity index (χ0n) is 41.4. The predicted octanol–water partition coefficient (Wildman–Crippen LogP) is 7.63. The number of hydrogen-bond acceptors (Lipinski definition) is 18. The fourth-order valence-corrected chi connectivity index (χ4v) is 5.49. The van der Waals surface area contributed by atoms with Crippen LogP contribution in [0.1, 0.15) is 85.7 Å². The molecule has 0 saturated carbocycles. The molecule has 368 valence electrons. The molecule has 20 nitrogen and oxygen atoms in total. The van der Waals surface area contributed by atoms with E-state index in [0.717, 1.165) is 11.1 Å². The van der Waals surface area contributed by atoms with Crippen molar-refractivity contribution >= 4 is 47.8 Å². The molecule has 0 bridgehead atoms. The summed E-state index contributed by atoms with van der Waals surface area (Å²) < 4.78 is 32.7. The Bertz CT molecular complexity index is 2290. The standard InChI is InChI=1S/C25H35N7O3.C16H20N4O3.C5H13NO2.CH4/c1-17(2)18-12-21(34-9)19(20(33)10-11-30(3)4)13-22(18)35-23-14-26-25(28-16-32(7)8)29-24(23)27-15-31(5)6;1-8(2)10-5-12(22-4)11(9(3)21)6-13(10)23-14-7-19-16(18)20-15(14)17;1-6(2)5(7-3)8-4;/h10-17H,1-9H3;5-8H,1-4H3,(H4,17,18,19,20);5H,1-4H3;1H4/b11-10+,27-15?,28-16?;;;. The molecule has 0 aliphatic rings. The van der Waals surface area contributed by atoms with Gasteiger partial charge in [0.15, 0.2) is 28.9 Å². The molecule has 20 heteroatoms. The highest BCUT2D eigenvalue weighted by atomic mass is 16.7. The number of benzene rings is 2. The van der Waals surface area contributed by atoms with Gasteiger partial charge in [-0.2, -0.15) is 9.97 Å². The summed E-state index contributed by atoms with van der Waals surface area (Å²) in [6, 6.07) is 6.96. The van der Waals surface area contributed by atoms with Crippen molar-refractivity contribution in [3.63, 3.8) is 0 Å². The quantitative estimate of drug-likeness (QED) is 0.0302. The SMILES string of the molecule is C.COC(OC)N(C)C.COc1cc(C(C)C)c(Oc2cnc(N)nc2N)cc1C(C)=O.COc1cc(C(C)C)c(Oc2cnc(N=CN(C)C)nc2N=CN(C)C)cc1C(=O)/C=C/N(C)C. The number of nitrogens with two attached hydrogens (primary N) is 2. The van der Waals surface area contributed by atoms with Crippen molar-refractivity contribution in [1.82, 2.24) is 39.5 Å². The largest absolute Gasteiger partial charge is 0.496 e. The number of aromatic nitrogens is 4. The van der Waals surface area contributed by atoms with E-state index in [9.17, 15) is 9.59 Å². The topological polar surface area (TPSA) is 231 Å². The number of allylic oxidation sites excluding steroid dienone is 1. The van der Waals surface area contributed by atoms with Crippen molar-refractivity contribution < 1.29 is 38.0 Å². The molecule has 0 spiro atoms. The van der Waals surface area contributed by atoms with Crippen LogP contribution in [-0.4, -0.2) is 155 Å². The molecule has 67 heavy (non-hydrogen) atoms. The minimum atomic E-state index is -0.213. The highest BCUT2D eigenvalue weighted by Gasteiger charge is 2.21. The lowest BCUT2D eigenvalue weighted by atomic mass is 9.97. The first-order chi connectivity index (χ1) is 31.1. The van der Waals surface area contributed by atoms with Gasteiger partial charge in [-0.3, -0.25) is 14.5 Å². The van der Waals surface area contributed by atoms with Gasteiger partial charge in [0.1, 0.15) is 23.0 Å². The molecule has 4 aromatic rings. The summed E-state index contributed by atoms with van der Waals surface area (Å²) in [5, 5.41) is 0. The molecule has 4 rings (SSSR count).